The van der Waals surface area contributed by atoms with Gasteiger partial charge in [-0.05, 0) is 40.8 Å². The van der Waals surface area contributed by atoms with Crippen LogP contribution in [-0.4, -0.2) is 7.11 Å². The lowest BCUT2D eigenvalue weighted by Gasteiger charge is -2.32. The zero-order valence-corrected chi connectivity index (χ0v) is 14.9. The van der Waals surface area contributed by atoms with E-state index < -0.39 is 0 Å². The van der Waals surface area contributed by atoms with E-state index >= 15 is 0 Å². The molecule has 1 atom stereocenters. The van der Waals surface area contributed by atoms with E-state index in [0.717, 1.165) is 12.2 Å². The van der Waals surface area contributed by atoms with Gasteiger partial charge >= 0.3 is 0 Å². The van der Waals surface area contributed by atoms with E-state index in [4.69, 9.17) is 4.74 Å². The predicted octanol–water partition coefficient (Wildman–Crippen LogP) is 5.92. The summed E-state index contributed by atoms with van der Waals surface area (Å²) < 4.78 is 5.26. The second-order valence-electron chi connectivity index (χ2n) is 6.72. The first-order chi connectivity index (χ1) is 12.8. The Labute approximate surface area is 155 Å². The maximum absolute atomic E-state index is 5.26. The zero-order valence-electron chi connectivity index (χ0n) is 14.9. The molecule has 0 saturated heterocycles. The van der Waals surface area contributed by atoms with Crippen molar-refractivity contribution in [3.63, 3.8) is 0 Å². The largest absolute Gasteiger partial charge is 0.497 e. The van der Waals surface area contributed by atoms with Crippen molar-refractivity contribution < 1.29 is 4.74 Å². The minimum atomic E-state index is -0.129. The molecule has 26 heavy (non-hydrogen) atoms. The quantitative estimate of drug-likeness (QED) is 0.574. The van der Waals surface area contributed by atoms with Gasteiger partial charge in [0.1, 0.15) is 5.75 Å². The SMILES string of the molecule is COc1ccc(C=CC2(c3ccccc3)C=Cc3ccccc3C2)cc1. The fourth-order valence-corrected chi connectivity index (χ4v) is 3.59. The smallest absolute Gasteiger partial charge is 0.118 e. The van der Waals surface area contributed by atoms with Crippen LogP contribution in [0.1, 0.15) is 22.3 Å². The molecule has 0 saturated carbocycles. The van der Waals surface area contributed by atoms with Gasteiger partial charge in [-0.25, -0.2) is 0 Å². The van der Waals surface area contributed by atoms with Gasteiger partial charge in [-0.2, -0.15) is 0 Å². The summed E-state index contributed by atoms with van der Waals surface area (Å²) in [5.41, 5.74) is 5.06. The molecule has 1 aliphatic carbocycles. The summed E-state index contributed by atoms with van der Waals surface area (Å²) in [4.78, 5) is 0. The van der Waals surface area contributed by atoms with Crippen molar-refractivity contribution in [3.05, 3.63) is 113 Å². The summed E-state index contributed by atoms with van der Waals surface area (Å²) in [7, 11) is 1.69. The molecule has 1 unspecified atom stereocenters. The molecule has 0 radical (unpaired) electrons. The van der Waals surface area contributed by atoms with E-state index in [0.29, 0.717) is 0 Å². The van der Waals surface area contributed by atoms with Crippen molar-refractivity contribution in [3.8, 4) is 5.75 Å². The number of benzene rings is 3. The summed E-state index contributed by atoms with van der Waals surface area (Å²) in [5.74, 6) is 0.881. The molecule has 0 aliphatic heterocycles. The Bertz CT molecular complexity index is 935. The first-order valence-electron chi connectivity index (χ1n) is 8.95. The lowest BCUT2D eigenvalue weighted by Crippen LogP contribution is -2.26. The van der Waals surface area contributed by atoms with Crippen LogP contribution in [-0.2, 0) is 11.8 Å². The lowest BCUT2D eigenvalue weighted by molar-refractivity contribution is 0.415. The molecule has 0 fully saturated rings. The van der Waals surface area contributed by atoms with Crippen LogP contribution in [0.2, 0.25) is 0 Å². The number of ether oxygens (including phenoxy) is 1. The van der Waals surface area contributed by atoms with Gasteiger partial charge in [-0.3, -0.25) is 0 Å². The van der Waals surface area contributed by atoms with E-state index in [-0.39, 0.29) is 5.41 Å². The Morgan fingerprint density at radius 2 is 1.58 bits per heavy atom. The van der Waals surface area contributed by atoms with Crippen molar-refractivity contribution in [1.82, 2.24) is 0 Å². The highest BCUT2D eigenvalue weighted by Crippen LogP contribution is 2.37. The minimum Gasteiger partial charge on any atom is -0.497 e. The number of rotatable bonds is 4. The van der Waals surface area contributed by atoms with Gasteiger partial charge in [-0.1, -0.05) is 91.0 Å². The first kappa shape index (κ1) is 16.4. The molecule has 1 nitrogen and oxygen atoms in total. The van der Waals surface area contributed by atoms with Crippen molar-refractivity contribution in [1.29, 1.82) is 0 Å². The Kier molecular flexibility index (Phi) is 4.45. The monoisotopic (exact) mass is 338 g/mol. The number of hydrogen-bond acceptors (Lipinski definition) is 1. The summed E-state index contributed by atoms with van der Waals surface area (Å²) >= 11 is 0. The highest BCUT2D eigenvalue weighted by Gasteiger charge is 2.30. The van der Waals surface area contributed by atoms with E-state index in [1.165, 1.54) is 22.3 Å². The van der Waals surface area contributed by atoms with E-state index in [9.17, 15) is 0 Å². The summed E-state index contributed by atoms with van der Waals surface area (Å²) in [6.45, 7) is 0. The van der Waals surface area contributed by atoms with Gasteiger partial charge in [0.25, 0.3) is 0 Å². The third-order valence-electron chi connectivity index (χ3n) is 5.10. The molecule has 0 aromatic heterocycles. The minimum absolute atomic E-state index is 0.129. The highest BCUT2D eigenvalue weighted by molar-refractivity contribution is 5.65. The lowest BCUT2D eigenvalue weighted by atomic mass is 9.71. The molecule has 0 spiro atoms. The third kappa shape index (κ3) is 3.21. The maximum Gasteiger partial charge on any atom is 0.118 e. The molecule has 0 amide bonds. The van der Waals surface area contributed by atoms with Crippen LogP contribution in [0.5, 0.6) is 5.75 Å². The topological polar surface area (TPSA) is 9.23 Å². The molecule has 128 valence electrons. The molecule has 0 heterocycles. The highest BCUT2D eigenvalue weighted by atomic mass is 16.5. The molecule has 0 N–H and O–H groups in total. The fourth-order valence-electron chi connectivity index (χ4n) is 3.59. The number of allylic oxidation sites excluding steroid dienone is 2. The van der Waals surface area contributed by atoms with Gasteiger partial charge in [-0.15, -0.1) is 0 Å². The second kappa shape index (κ2) is 7.05. The molecule has 3 aromatic carbocycles. The van der Waals surface area contributed by atoms with Crippen LogP contribution in [0, 0.1) is 0 Å². The van der Waals surface area contributed by atoms with Crippen LogP contribution >= 0.6 is 0 Å². The fraction of sp³-hybridized carbons (Fsp3) is 0.120. The normalized spacial score (nSPS) is 18.7. The summed E-state index contributed by atoms with van der Waals surface area (Å²) in [6.07, 6.45) is 10.1. The van der Waals surface area contributed by atoms with Gasteiger partial charge in [0, 0.05) is 5.41 Å². The Hall–Kier alpha value is -3.06. The average Bonchev–Trinajstić information content (AvgIpc) is 2.73. The predicted molar refractivity (Wildman–Crippen MR) is 109 cm³/mol. The Balaban J connectivity index is 1.74. The standard InChI is InChI=1S/C25H22O/c1-26-24-13-11-20(12-14-24)15-17-25(23-9-3-2-4-10-23)18-16-21-7-5-6-8-22(21)19-25/h2-18H,19H2,1H3. The molecule has 4 rings (SSSR count). The molecule has 1 aliphatic rings. The Morgan fingerprint density at radius 1 is 0.846 bits per heavy atom. The second-order valence-corrected chi connectivity index (χ2v) is 6.72. The van der Waals surface area contributed by atoms with Crippen LogP contribution < -0.4 is 4.74 Å². The summed E-state index contributed by atoms with van der Waals surface area (Å²) in [5, 5.41) is 0. The molecule has 3 aromatic rings. The zero-order chi connectivity index (χ0) is 17.8. The number of fused-ring (bicyclic) bond motifs is 1. The van der Waals surface area contributed by atoms with Crippen LogP contribution in [0.15, 0.2) is 91.0 Å². The van der Waals surface area contributed by atoms with Crippen molar-refractivity contribution in [2.24, 2.45) is 0 Å². The van der Waals surface area contributed by atoms with Crippen molar-refractivity contribution in [2.45, 2.75) is 11.8 Å². The van der Waals surface area contributed by atoms with E-state index in [1.807, 2.05) is 12.1 Å². The van der Waals surface area contributed by atoms with E-state index in [1.54, 1.807) is 7.11 Å². The van der Waals surface area contributed by atoms with Crippen LogP contribution in [0.25, 0.3) is 12.2 Å². The van der Waals surface area contributed by atoms with Gasteiger partial charge in [0.05, 0.1) is 7.11 Å². The number of hydrogen-bond donors (Lipinski definition) is 0. The van der Waals surface area contributed by atoms with Gasteiger partial charge < -0.3 is 4.74 Å². The summed E-state index contributed by atoms with van der Waals surface area (Å²) in [6, 6.07) is 27.6. The molecule has 0 bridgehead atoms. The molecular formula is C25H22O. The van der Waals surface area contributed by atoms with Crippen LogP contribution in [0.4, 0.5) is 0 Å². The van der Waals surface area contributed by atoms with E-state index in [2.05, 4.69) is 91.0 Å². The molecule has 1 heteroatoms. The molecular weight excluding hydrogens is 316 g/mol. The van der Waals surface area contributed by atoms with Crippen LogP contribution in [0.3, 0.4) is 0 Å². The maximum atomic E-state index is 5.26. The Morgan fingerprint density at radius 3 is 2.35 bits per heavy atom. The third-order valence-corrected chi connectivity index (χ3v) is 5.10. The van der Waals surface area contributed by atoms with Crippen molar-refractivity contribution >= 4 is 12.2 Å². The van der Waals surface area contributed by atoms with Gasteiger partial charge in [0.2, 0.25) is 0 Å². The number of methoxy groups -OCH3 is 1. The van der Waals surface area contributed by atoms with Gasteiger partial charge in [0.15, 0.2) is 0 Å². The first-order valence-corrected chi connectivity index (χ1v) is 8.95. The van der Waals surface area contributed by atoms with Crippen molar-refractivity contribution in [2.75, 3.05) is 7.11 Å². The average molecular weight is 338 g/mol.